The second kappa shape index (κ2) is 5.99. The molecular weight excluding hydrogens is 202 g/mol. The van der Waals surface area contributed by atoms with Crippen LogP contribution < -0.4 is 5.73 Å². The van der Waals surface area contributed by atoms with Gasteiger partial charge in [0.05, 0.1) is 18.8 Å². The normalized spacial score (nSPS) is 21.0. The second-order valence-electron chi connectivity index (χ2n) is 5.35. The molecule has 0 radical (unpaired) electrons. The monoisotopic (exact) mass is 229 g/mol. The largest absolute Gasteiger partial charge is 0.387 e. The number of rotatable bonds is 6. The maximum Gasteiger partial charge on any atom is 0.0880 e. The van der Waals surface area contributed by atoms with Crippen molar-refractivity contribution in [3.05, 3.63) is 0 Å². The Morgan fingerprint density at radius 1 is 1.19 bits per heavy atom. The summed E-state index contributed by atoms with van der Waals surface area (Å²) in [5, 5.41) is 10.2. The molecule has 0 aliphatic heterocycles. The van der Waals surface area contributed by atoms with E-state index in [1.807, 2.05) is 0 Å². The molecule has 0 saturated heterocycles. The zero-order valence-electron chi connectivity index (χ0n) is 10.8. The highest BCUT2D eigenvalue weighted by Gasteiger charge is 2.30. The Bertz CT molecular complexity index is 196. The van der Waals surface area contributed by atoms with E-state index in [9.17, 15) is 5.11 Å². The van der Waals surface area contributed by atoms with Crippen LogP contribution in [-0.2, 0) is 4.74 Å². The molecule has 3 nitrogen and oxygen atoms in total. The van der Waals surface area contributed by atoms with Crippen LogP contribution in [0.3, 0.4) is 0 Å². The maximum atomic E-state index is 10.2. The van der Waals surface area contributed by atoms with Gasteiger partial charge in [-0.05, 0) is 25.7 Å². The summed E-state index contributed by atoms with van der Waals surface area (Å²) >= 11 is 0. The van der Waals surface area contributed by atoms with Crippen LogP contribution >= 0.6 is 0 Å². The molecule has 1 aliphatic carbocycles. The maximum absolute atomic E-state index is 10.2. The van der Waals surface area contributed by atoms with Crippen LogP contribution in [0, 0.1) is 0 Å². The van der Waals surface area contributed by atoms with E-state index in [4.69, 9.17) is 10.5 Å². The van der Waals surface area contributed by atoms with Crippen LogP contribution in [0.15, 0.2) is 0 Å². The quantitative estimate of drug-likeness (QED) is 0.734. The molecule has 0 atom stereocenters. The summed E-state index contributed by atoms with van der Waals surface area (Å²) < 4.78 is 5.65. The molecule has 3 N–H and O–H groups in total. The fourth-order valence-corrected chi connectivity index (χ4v) is 2.25. The van der Waals surface area contributed by atoms with Gasteiger partial charge in [-0.2, -0.15) is 0 Å². The average Bonchev–Trinajstić information content (AvgIpc) is 2.29. The topological polar surface area (TPSA) is 55.5 Å². The van der Waals surface area contributed by atoms with Crippen LogP contribution in [0.5, 0.6) is 0 Å². The molecule has 0 heterocycles. The van der Waals surface area contributed by atoms with Gasteiger partial charge in [0, 0.05) is 5.54 Å². The molecule has 16 heavy (non-hydrogen) atoms. The van der Waals surface area contributed by atoms with Crippen molar-refractivity contribution in [1.29, 1.82) is 0 Å². The molecule has 0 unspecified atom stereocenters. The summed E-state index contributed by atoms with van der Waals surface area (Å²) in [4.78, 5) is 0. The lowest BCUT2D eigenvalue weighted by Gasteiger charge is -2.34. The molecule has 96 valence electrons. The first kappa shape index (κ1) is 13.9. The van der Waals surface area contributed by atoms with Gasteiger partial charge in [-0.3, -0.25) is 0 Å². The van der Waals surface area contributed by atoms with Crippen molar-refractivity contribution in [1.82, 2.24) is 0 Å². The van der Waals surface area contributed by atoms with Crippen molar-refractivity contribution < 1.29 is 9.84 Å². The lowest BCUT2D eigenvalue weighted by molar-refractivity contribution is -0.0772. The number of nitrogens with two attached hydrogens (primary N) is 1. The van der Waals surface area contributed by atoms with E-state index in [1.54, 1.807) is 0 Å². The highest BCUT2D eigenvalue weighted by Crippen LogP contribution is 2.28. The fourth-order valence-electron chi connectivity index (χ4n) is 2.25. The third-order valence-corrected chi connectivity index (χ3v) is 3.95. The van der Waals surface area contributed by atoms with Crippen LogP contribution in [0.25, 0.3) is 0 Å². The minimum absolute atomic E-state index is 0.217. The second-order valence-corrected chi connectivity index (χ2v) is 5.35. The Labute approximate surface area is 99.4 Å². The zero-order valence-corrected chi connectivity index (χ0v) is 10.8. The Balaban J connectivity index is 2.28. The van der Waals surface area contributed by atoms with Gasteiger partial charge in [0.15, 0.2) is 0 Å². The molecule has 0 amide bonds. The summed E-state index contributed by atoms with van der Waals surface area (Å²) in [6.45, 7) is 5.18. The summed E-state index contributed by atoms with van der Waals surface area (Å²) in [5.41, 5.74) is 5.35. The molecule has 3 heteroatoms. The van der Waals surface area contributed by atoms with E-state index in [2.05, 4.69) is 13.8 Å². The van der Waals surface area contributed by atoms with Crippen molar-refractivity contribution in [2.75, 3.05) is 13.2 Å². The van der Waals surface area contributed by atoms with Gasteiger partial charge < -0.3 is 15.6 Å². The first-order valence-electron chi connectivity index (χ1n) is 6.63. The summed E-state index contributed by atoms with van der Waals surface area (Å²) in [7, 11) is 0. The number of aliphatic hydroxyl groups is 1. The smallest absolute Gasteiger partial charge is 0.0880 e. The summed E-state index contributed by atoms with van der Waals surface area (Å²) in [6, 6.07) is 0. The van der Waals surface area contributed by atoms with Crippen molar-refractivity contribution in [2.45, 2.75) is 69.9 Å². The Hall–Kier alpha value is -0.120. The molecule has 1 aliphatic rings. The van der Waals surface area contributed by atoms with Crippen molar-refractivity contribution in [3.8, 4) is 0 Å². The van der Waals surface area contributed by atoms with Crippen molar-refractivity contribution >= 4 is 0 Å². The molecule has 0 aromatic rings. The Morgan fingerprint density at radius 3 is 2.25 bits per heavy atom. The minimum atomic E-state index is -0.583. The molecule has 0 aromatic heterocycles. The standard InChI is InChI=1S/C13H27NO2/c1-3-12(14,4-2)10-16-11-13(15)8-6-5-7-9-13/h15H,3-11,14H2,1-2H3. The summed E-state index contributed by atoms with van der Waals surface area (Å²) in [6.07, 6.45) is 7.08. The highest BCUT2D eigenvalue weighted by atomic mass is 16.5. The molecule has 0 spiro atoms. The number of hydrogen-bond acceptors (Lipinski definition) is 3. The van der Waals surface area contributed by atoms with Crippen molar-refractivity contribution in [3.63, 3.8) is 0 Å². The third-order valence-electron chi connectivity index (χ3n) is 3.95. The van der Waals surface area contributed by atoms with Crippen LogP contribution in [-0.4, -0.2) is 29.5 Å². The predicted molar refractivity (Wildman–Crippen MR) is 66.4 cm³/mol. The SMILES string of the molecule is CCC(N)(CC)COCC1(O)CCCCC1. The van der Waals surface area contributed by atoms with E-state index in [0.29, 0.717) is 13.2 Å². The first-order valence-corrected chi connectivity index (χ1v) is 6.63. The van der Waals surface area contributed by atoms with Gasteiger partial charge in [0.1, 0.15) is 0 Å². The van der Waals surface area contributed by atoms with Gasteiger partial charge in [-0.25, -0.2) is 0 Å². The Kier molecular flexibility index (Phi) is 5.22. The lowest BCUT2D eigenvalue weighted by atomic mass is 9.85. The predicted octanol–water partition coefficient (Wildman–Crippen LogP) is 2.22. The zero-order chi connectivity index (χ0) is 12.1. The lowest BCUT2D eigenvalue weighted by Crippen LogP contribution is -2.45. The van der Waals surface area contributed by atoms with Crippen LogP contribution in [0.4, 0.5) is 0 Å². The number of ether oxygens (including phenoxy) is 1. The molecule has 1 fully saturated rings. The molecular formula is C13H27NO2. The molecule has 1 saturated carbocycles. The van der Waals surface area contributed by atoms with Gasteiger partial charge in [0.2, 0.25) is 0 Å². The van der Waals surface area contributed by atoms with E-state index in [-0.39, 0.29) is 5.54 Å². The first-order chi connectivity index (χ1) is 7.54. The third kappa shape index (κ3) is 4.04. The molecule has 0 bridgehead atoms. The van der Waals surface area contributed by atoms with Gasteiger partial charge >= 0.3 is 0 Å². The van der Waals surface area contributed by atoms with Gasteiger partial charge in [-0.15, -0.1) is 0 Å². The molecule has 0 aromatic carbocycles. The van der Waals surface area contributed by atoms with Gasteiger partial charge in [0.25, 0.3) is 0 Å². The Morgan fingerprint density at radius 2 is 1.75 bits per heavy atom. The number of hydrogen-bond donors (Lipinski definition) is 2. The van der Waals surface area contributed by atoms with Crippen molar-refractivity contribution in [2.24, 2.45) is 5.73 Å². The fraction of sp³-hybridized carbons (Fsp3) is 1.00. The van der Waals surface area contributed by atoms with Crippen LogP contribution in [0.2, 0.25) is 0 Å². The van der Waals surface area contributed by atoms with Gasteiger partial charge in [-0.1, -0.05) is 33.1 Å². The van der Waals surface area contributed by atoms with E-state index in [1.165, 1.54) is 6.42 Å². The minimum Gasteiger partial charge on any atom is -0.387 e. The van der Waals surface area contributed by atoms with E-state index in [0.717, 1.165) is 38.5 Å². The van der Waals surface area contributed by atoms with Crippen LogP contribution in [0.1, 0.15) is 58.8 Å². The van der Waals surface area contributed by atoms with E-state index >= 15 is 0 Å². The van der Waals surface area contributed by atoms with E-state index < -0.39 is 5.60 Å². The summed E-state index contributed by atoms with van der Waals surface area (Å²) in [5.74, 6) is 0. The molecule has 1 rings (SSSR count). The highest BCUT2D eigenvalue weighted by molar-refractivity contribution is 4.84. The average molecular weight is 229 g/mol.